The number of aliphatic hydroxyl groups is 1. The molecule has 1 aliphatic rings. The van der Waals surface area contributed by atoms with Gasteiger partial charge in [-0.15, -0.1) is 0 Å². The van der Waals surface area contributed by atoms with E-state index in [1.807, 2.05) is 25.2 Å². The molecule has 0 unspecified atom stereocenters. The third kappa shape index (κ3) is 1.76. The van der Waals surface area contributed by atoms with Gasteiger partial charge in [-0.3, -0.25) is 0 Å². The van der Waals surface area contributed by atoms with Crippen molar-refractivity contribution in [3.05, 3.63) is 35.6 Å². The van der Waals surface area contributed by atoms with Crippen LogP contribution in [0.3, 0.4) is 0 Å². The van der Waals surface area contributed by atoms with E-state index >= 15 is 0 Å². The van der Waals surface area contributed by atoms with Crippen molar-refractivity contribution >= 4 is 0 Å². The Labute approximate surface area is 55.0 Å². The molecule has 0 aromatic heterocycles. The Hall–Kier alpha value is -0.980. The Kier molecular flexibility index (Phi) is 1.73. The molecule has 1 rings (SSSR count). The summed E-state index contributed by atoms with van der Waals surface area (Å²) in [5.41, 5.74) is 1.18. The molecule has 1 heteroatoms. The van der Waals surface area contributed by atoms with Crippen LogP contribution in [0.15, 0.2) is 35.6 Å². The van der Waals surface area contributed by atoms with Gasteiger partial charge < -0.3 is 5.11 Å². The lowest BCUT2D eigenvalue weighted by atomic mass is 10.3. The first-order valence-electron chi connectivity index (χ1n) is 3.02. The van der Waals surface area contributed by atoms with Crippen LogP contribution in [0.4, 0.5) is 0 Å². The summed E-state index contributed by atoms with van der Waals surface area (Å²) < 4.78 is 0. The van der Waals surface area contributed by atoms with Crippen LogP contribution in [0, 0.1) is 0 Å². The Morgan fingerprint density at radius 2 is 2.22 bits per heavy atom. The van der Waals surface area contributed by atoms with Gasteiger partial charge in [0.1, 0.15) is 0 Å². The van der Waals surface area contributed by atoms with Crippen LogP contribution in [-0.2, 0) is 0 Å². The molecule has 0 aromatic carbocycles. The van der Waals surface area contributed by atoms with Crippen molar-refractivity contribution in [3.8, 4) is 0 Å². The van der Waals surface area contributed by atoms with Gasteiger partial charge in [0.2, 0.25) is 0 Å². The minimum atomic E-state index is 0.433. The van der Waals surface area contributed by atoms with Gasteiger partial charge in [-0.25, -0.2) is 0 Å². The fourth-order valence-corrected chi connectivity index (χ4v) is 0.717. The molecule has 0 radical (unpaired) electrons. The summed E-state index contributed by atoms with van der Waals surface area (Å²) in [6, 6.07) is 0. The van der Waals surface area contributed by atoms with Gasteiger partial charge >= 0.3 is 0 Å². The highest BCUT2D eigenvalue weighted by molar-refractivity contribution is 5.26. The van der Waals surface area contributed by atoms with E-state index in [1.54, 1.807) is 6.08 Å². The zero-order valence-corrected chi connectivity index (χ0v) is 5.46. The third-order valence-electron chi connectivity index (χ3n) is 1.25. The van der Waals surface area contributed by atoms with Gasteiger partial charge in [0.15, 0.2) is 0 Å². The highest BCUT2D eigenvalue weighted by atomic mass is 16.3. The monoisotopic (exact) mass is 122 g/mol. The molecule has 1 N–H and O–H groups in total. The average Bonchev–Trinajstić information content (AvgIpc) is 1.97. The molecule has 0 aliphatic heterocycles. The van der Waals surface area contributed by atoms with Gasteiger partial charge in [0.05, 0.1) is 5.76 Å². The normalized spacial score (nSPS) is 18.3. The molecular weight excluding hydrogens is 112 g/mol. The Morgan fingerprint density at radius 1 is 1.44 bits per heavy atom. The van der Waals surface area contributed by atoms with Crippen LogP contribution in [0.25, 0.3) is 0 Å². The molecule has 0 fully saturated rings. The van der Waals surface area contributed by atoms with Crippen molar-refractivity contribution in [3.63, 3.8) is 0 Å². The van der Waals surface area contributed by atoms with Gasteiger partial charge in [0.25, 0.3) is 0 Å². The molecule has 0 heterocycles. The second kappa shape index (κ2) is 2.53. The van der Waals surface area contributed by atoms with Crippen LogP contribution >= 0.6 is 0 Å². The summed E-state index contributed by atoms with van der Waals surface area (Å²) in [5.74, 6) is 0.433. The lowest BCUT2D eigenvalue weighted by molar-refractivity contribution is 0.402. The summed E-state index contributed by atoms with van der Waals surface area (Å²) in [4.78, 5) is 0. The lowest BCUT2D eigenvalue weighted by Gasteiger charge is -1.86. The standard InChI is InChI=1S/C8H10O/c1-7-3-2-4-8(9)6-5-7/h2-3,5-6,9H,4H2,1H3. The van der Waals surface area contributed by atoms with E-state index in [0.717, 1.165) is 0 Å². The number of allylic oxidation sites excluding steroid dienone is 5. The highest BCUT2D eigenvalue weighted by Gasteiger charge is 1.90. The summed E-state index contributed by atoms with van der Waals surface area (Å²) in [7, 11) is 0. The predicted molar refractivity (Wildman–Crippen MR) is 38.2 cm³/mol. The molecule has 9 heavy (non-hydrogen) atoms. The van der Waals surface area contributed by atoms with Crippen molar-refractivity contribution in [2.45, 2.75) is 13.3 Å². The summed E-state index contributed by atoms with van der Waals surface area (Å²) >= 11 is 0. The molecule has 0 saturated carbocycles. The number of rotatable bonds is 0. The molecular formula is C8H10O. The second-order valence-electron chi connectivity index (χ2n) is 2.18. The van der Waals surface area contributed by atoms with Crippen LogP contribution < -0.4 is 0 Å². The fourth-order valence-electron chi connectivity index (χ4n) is 0.717. The summed E-state index contributed by atoms with van der Waals surface area (Å²) in [6.07, 6.45) is 8.24. The minimum Gasteiger partial charge on any atom is -0.512 e. The van der Waals surface area contributed by atoms with Gasteiger partial charge in [-0.1, -0.05) is 23.8 Å². The van der Waals surface area contributed by atoms with Crippen molar-refractivity contribution in [1.29, 1.82) is 0 Å². The quantitative estimate of drug-likeness (QED) is 0.522. The Balaban J connectivity index is 2.80. The maximum atomic E-state index is 8.97. The first-order chi connectivity index (χ1) is 4.29. The fraction of sp³-hybridized carbons (Fsp3) is 0.250. The molecule has 0 atom stereocenters. The molecule has 1 nitrogen and oxygen atoms in total. The first kappa shape index (κ1) is 6.14. The van der Waals surface area contributed by atoms with E-state index in [2.05, 4.69) is 0 Å². The van der Waals surface area contributed by atoms with E-state index in [1.165, 1.54) is 5.57 Å². The van der Waals surface area contributed by atoms with Gasteiger partial charge in [0, 0.05) is 6.42 Å². The Morgan fingerprint density at radius 3 is 3.00 bits per heavy atom. The van der Waals surface area contributed by atoms with Crippen LogP contribution in [-0.4, -0.2) is 5.11 Å². The van der Waals surface area contributed by atoms with E-state index < -0.39 is 0 Å². The first-order valence-corrected chi connectivity index (χ1v) is 3.02. The van der Waals surface area contributed by atoms with Crippen molar-refractivity contribution in [1.82, 2.24) is 0 Å². The Bertz CT molecular complexity index is 185. The molecule has 48 valence electrons. The van der Waals surface area contributed by atoms with E-state index in [-0.39, 0.29) is 0 Å². The van der Waals surface area contributed by atoms with E-state index in [9.17, 15) is 0 Å². The maximum absolute atomic E-state index is 8.97. The van der Waals surface area contributed by atoms with Gasteiger partial charge in [-0.05, 0) is 13.0 Å². The van der Waals surface area contributed by atoms with Crippen LogP contribution in [0.1, 0.15) is 13.3 Å². The zero-order chi connectivity index (χ0) is 6.69. The molecule has 0 spiro atoms. The summed E-state index contributed by atoms with van der Waals surface area (Å²) in [6.45, 7) is 2.01. The lowest BCUT2D eigenvalue weighted by Crippen LogP contribution is -1.72. The minimum absolute atomic E-state index is 0.433. The van der Waals surface area contributed by atoms with Crippen LogP contribution in [0.2, 0.25) is 0 Å². The molecule has 0 amide bonds. The molecule has 0 bridgehead atoms. The molecule has 1 aliphatic carbocycles. The van der Waals surface area contributed by atoms with Gasteiger partial charge in [-0.2, -0.15) is 0 Å². The number of aliphatic hydroxyl groups excluding tert-OH is 1. The molecule has 0 aromatic rings. The average molecular weight is 122 g/mol. The maximum Gasteiger partial charge on any atom is 0.0960 e. The van der Waals surface area contributed by atoms with Crippen molar-refractivity contribution < 1.29 is 5.11 Å². The molecule has 0 saturated heterocycles. The topological polar surface area (TPSA) is 20.2 Å². The smallest absolute Gasteiger partial charge is 0.0960 e. The number of hydrogen-bond acceptors (Lipinski definition) is 1. The predicted octanol–water partition coefficient (Wildman–Crippen LogP) is 2.33. The second-order valence-corrected chi connectivity index (χ2v) is 2.18. The third-order valence-corrected chi connectivity index (χ3v) is 1.25. The van der Waals surface area contributed by atoms with E-state index in [4.69, 9.17) is 5.11 Å². The van der Waals surface area contributed by atoms with Crippen molar-refractivity contribution in [2.24, 2.45) is 0 Å². The van der Waals surface area contributed by atoms with Crippen molar-refractivity contribution in [2.75, 3.05) is 0 Å². The summed E-state index contributed by atoms with van der Waals surface area (Å²) in [5, 5.41) is 8.97. The zero-order valence-electron chi connectivity index (χ0n) is 5.46. The SMILES string of the molecule is CC1=CC=C(O)CC=C1. The number of hydrogen-bond donors (Lipinski definition) is 1. The largest absolute Gasteiger partial charge is 0.512 e. The highest BCUT2D eigenvalue weighted by Crippen LogP contribution is 2.07. The van der Waals surface area contributed by atoms with Crippen LogP contribution in [0.5, 0.6) is 0 Å². The van der Waals surface area contributed by atoms with E-state index in [0.29, 0.717) is 12.2 Å².